The maximum absolute atomic E-state index is 9.97. The highest BCUT2D eigenvalue weighted by Crippen LogP contribution is 2.30. The van der Waals surface area contributed by atoms with Crippen molar-refractivity contribution in [2.45, 2.75) is 51.6 Å². The molecule has 1 aliphatic rings. The molecule has 2 nitrogen and oxygen atoms in total. The molecule has 1 rings (SSSR count). The number of hydrogen-bond donors (Lipinski definition) is 2. The van der Waals surface area contributed by atoms with E-state index in [1.807, 2.05) is 6.92 Å². The highest BCUT2D eigenvalue weighted by Gasteiger charge is 2.27. The summed E-state index contributed by atoms with van der Waals surface area (Å²) < 4.78 is 0. The van der Waals surface area contributed by atoms with Crippen LogP contribution in [0.4, 0.5) is 0 Å². The molecule has 2 heteroatoms. The molecular formula is C11H22O2. The van der Waals surface area contributed by atoms with Gasteiger partial charge in [-0.15, -0.1) is 0 Å². The molecule has 0 aromatic heterocycles. The molecule has 78 valence electrons. The normalized spacial score (nSPS) is 24.2. The molecule has 0 bridgehead atoms. The summed E-state index contributed by atoms with van der Waals surface area (Å²) in [4.78, 5) is 0. The van der Waals surface area contributed by atoms with E-state index < -0.39 is 0 Å². The Morgan fingerprint density at radius 1 is 1.23 bits per heavy atom. The summed E-state index contributed by atoms with van der Waals surface area (Å²) in [6.07, 6.45) is 6.74. The first kappa shape index (κ1) is 11.0. The van der Waals surface area contributed by atoms with Crippen molar-refractivity contribution in [3.63, 3.8) is 0 Å². The third-order valence-corrected chi connectivity index (χ3v) is 3.37. The SMILES string of the molecule is CC[C@H](CO)[C@@H](O)C1CCCCC1. The quantitative estimate of drug-likeness (QED) is 0.704. The Morgan fingerprint density at radius 3 is 2.31 bits per heavy atom. The Hall–Kier alpha value is -0.0800. The minimum Gasteiger partial charge on any atom is -0.396 e. The molecule has 0 amide bonds. The van der Waals surface area contributed by atoms with Crippen molar-refractivity contribution >= 4 is 0 Å². The van der Waals surface area contributed by atoms with E-state index in [1.54, 1.807) is 0 Å². The van der Waals surface area contributed by atoms with Crippen molar-refractivity contribution in [1.29, 1.82) is 0 Å². The fourth-order valence-electron chi connectivity index (χ4n) is 2.34. The second-order valence-corrected chi connectivity index (χ2v) is 4.24. The van der Waals surface area contributed by atoms with E-state index in [-0.39, 0.29) is 18.6 Å². The summed E-state index contributed by atoms with van der Waals surface area (Å²) in [7, 11) is 0. The first-order valence-corrected chi connectivity index (χ1v) is 5.58. The lowest BCUT2D eigenvalue weighted by Gasteiger charge is -2.30. The molecule has 1 aliphatic carbocycles. The van der Waals surface area contributed by atoms with Gasteiger partial charge in [0, 0.05) is 12.5 Å². The van der Waals surface area contributed by atoms with Crippen LogP contribution >= 0.6 is 0 Å². The standard InChI is InChI=1S/C11H22O2/c1-2-9(8-12)11(13)10-6-4-3-5-7-10/h9-13H,2-8H2,1H3/t9-,11-/m1/s1. The molecule has 2 atom stereocenters. The van der Waals surface area contributed by atoms with E-state index in [0.717, 1.165) is 19.3 Å². The zero-order valence-electron chi connectivity index (χ0n) is 8.58. The Labute approximate surface area is 81.0 Å². The van der Waals surface area contributed by atoms with Crippen LogP contribution in [-0.4, -0.2) is 22.9 Å². The van der Waals surface area contributed by atoms with E-state index in [9.17, 15) is 5.11 Å². The maximum Gasteiger partial charge on any atom is 0.0618 e. The molecule has 0 aromatic rings. The van der Waals surface area contributed by atoms with Crippen molar-refractivity contribution in [3.05, 3.63) is 0 Å². The van der Waals surface area contributed by atoms with Gasteiger partial charge in [0.25, 0.3) is 0 Å². The van der Waals surface area contributed by atoms with Gasteiger partial charge in [0.1, 0.15) is 0 Å². The fraction of sp³-hybridized carbons (Fsp3) is 1.00. The van der Waals surface area contributed by atoms with Crippen LogP contribution in [-0.2, 0) is 0 Å². The van der Waals surface area contributed by atoms with Gasteiger partial charge >= 0.3 is 0 Å². The number of rotatable bonds is 4. The average molecular weight is 186 g/mol. The molecule has 0 spiro atoms. The highest BCUT2D eigenvalue weighted by molar-refractivity contribution is 4.78. The first-order chi connectivity index (χ1) is 6.29. The van der Waals surface area contributed by atoms with Crippen molar-refractivity contribution in [3.8, 4) is 0 Å². The fourth-order valence-corrected chi connectivity index (χ4v) is 2.34. The molecule has 0 saturated heterocycles. The molecule has 0 aromatic carbocycles. The Balaban J connectivity index is 2.38. The zero-order chi connectivity index (χ0) is 9.68. The summed E-state index contributed by atoms with van der Waals surface area (Å²) in [5.74, 6) is 0.550. The Kier molecular flexibility index (Phi) is 4.74. The van der Waals surface area contributed by atoms with Crippen molar-refractivity contribution < 1.29 is 10.2 Å². The lowest BCUT2D eigenvalue weighted by molar-refractivity contribution is 0.00796. The molecule has 13 heavy (non-hydrogen) atoms. The monoisotopic (exact) mass is 186 g/mol. The second kappa shape index (κ2) is 5.61. The molecule has 0 heterocycles. The second-order valence-electron chi connectivity index (χ2n) is 4.24. The molecule has 1 saturated carbocycles. The van der Waals surface area contributed by atoms with Crippen LogP contribution in [0.15, 0.2) is 0 Å². The summed E-state index contributed by atoms with van der Waals surface area (Å²) in [6, 6.07) is 0. The first-order valence-electron chi connectivity index (χ1n) is 5.58. The third-order valence-electron chi connectivity index (χ3n) is 3.37. The van der Waals surface area contributed by atoms with Crippen LogP contribution in [0.3, 0.4) is 0 Å². The third kappa shape index (κ3) is 2.96. The summed E-state index contributed by atoms with van der Waals surface area (Å²) in [5, 5.41) is 19.0. The van der Waals surface area contributed by atoms with Gasteiger partial charge in [0.15, 0.2) is 0 Å². The summed E-state index contributed by atoms with van der Waals surface area (Å²) in [6.45, 7) is 2.17. The van der Waals surface area contributed by atoms with Gasteiger partial charge in [-0.1, -0.05) is 26.2 Å². The predicted molar refractivity (Wildman–Crippen MR) is 53.4 cm³/mol. The smallest absolute Gasteiger partial charge is 0.0618 e. The van der Waals surface area contributed by atoms with Crippen molar-refractivity contribution in [2.24, 2.45) is 11.8 Å². The Morgan fingerprint density at radius 2 is 1.85 bits per heavy atom. The van der Waals surface area contributed by atoms with Gasteiger partial charge in [-0.05, 0) is 25.2 Å². The van der Waals surface area contributed by atoms with E-state index in [2.05, 4.69) is 0 Å². The van der Waals surface area contributed by atoms with Crippen LogP contribution in [0, 0.1) is 11.8 Å². The predicted octanol–water partition coefficient (Wildman–Crippen LogP) is 1.95. The maximum atomic E-state index is 9.97. The van der Waals surface area contributed by atoms with Crippen molar-refractivity contribution in [2.75, 3.05) is 6.61 Å². The lowest BCUT2D eigenvalue weighted by Crippen LogP contribution is -2.32. The molecule has 0 aliphatic heterocycles. The minimum atomic E-state index is -0.268. The van der Waals surface area contributed by atoms with Gasteiger partial charge in [0.05, 0.1) is 6.10 Å². The summed E-state index contributed by atoms with van der Waals surface area (Å²) >= 11 is 0. The molecule has 1 fully saturated rings. The van der Waals surface area contributed by atoms with Crippen LogP contribution < -0.4 is 0 Å². The molecule has 2 N–H and O–H groups in total. The Bertz CT molecular complexity index is 126. The molecule has 0 radical (unpaired) electrons. The number of aliphatic hydroxyl groups is 2. The van der Waals surface area contributed by atoms with Gasteiger partial charge in [0.2, 0.25) is 0 Å². The molecule has 0 unspecified atom stereocenters. The van der Waals surface area contributed by atoms with Gasteiger partial charge in [-0.2, -0.15) is 0 Å². The molecular weight excluding hydrogens is 164 g/mol. The van der Waals surface area contributed by atoms with Crippen LogP contribution in [0.5, 0.6) is 0 Å². The van der Waals surface area contributed by atoms with Gasteiger partial charge < -0.3 is 10.2 Å². The summed E-state index contributed by atoms with van der Waals surface area (Å²) in [5.41, 5.74) is 0. The largest absolute Gasteiger partial charge is 0.396 e. The van der Waals surface area contributed by atoms with Crippen LogP contribution in [0.1, 0.15) is 45.4 Å². The lowest BCUT2D eigenvalue weighted by atomic mass is 9.80. The minimum absolute atomic E-state index is 0.100. The topological polar surface area (TPSA) is 40.5 Å². The number of aliphatic hydroxyl groups excluding tert-OH is 2. The van der Waals surface area contributed by atoms with Crippen LogP contribution in [0.25, 0.3) is 0 Å². The van der Waals surface area contributed by atoms with E-state index in [4.69, 9.17) is 5.11 Å². The van der Waals surface area contributed by atoms with Gasteiger partial charge in [-0.3, -0.25) is 0 Å². The highest BCUT2D eigenvalue weighted by atomic mass is 16.3. The average Bonchev–Trinajstić information content (AvgIpc) is 2.21. The number of hydrogen-bond acceptors (Lipinski definition) is 2. The van der Waals surface area contributed by atoms with Crippen molar-refractivity contribution in [1.82, 2.24) is 0 Å². The van der Waals surface area contributed by atoms with E-state index >= 15 is 0 Å². The van der Waals surface area contributed by atoms with E-state index in [0.29, 0.717) is 5.92 Å². The van der Waals surface area contributed by atoms with E-state index in [1.165, 1.54) is 19.3 Å². The van der Waals surface area contributed by atoms with Crippen LogP contribution in [0.2, 0.25) is 0 Å². The zero-order valence-corrected chi connectivity index (χ0v) is 8.58. The van der Waals surface area contributed by atoms with Gasteiger partial charge in [-0.25, -0.2) is 0 Å².